The number of aliphatic hydroxyl groups is 1. The summed E-state index contributed by atoms with van der Waals surface area (Å²) in [4.78, 5) is 32.1. The molecule has 1 aliphatic rings. The summed E-state index contributed by atoms with van der Waals surface area (Å²) < 4.78 is 2.55. The third-order valence-electron chi connectivity index (χ3n) is 6.15. The molecule has 3 N–H and O–H groups in total. The highest BCUT2D eigenvalue weighted by molar-refractivity contribution is 7.21. The number of hydrogen-bond donors (Lipinski definition) is 3. The van der Waals surface area contributed by atoms with Crippen LogP contribution in [0.2, 0.25) is 0 Å². The molecule has 0 bridgehead atoms. The third-order valence-corrected chi connectivity index (χ3v) is 7.30. The van der Waals surface area contributed by atoms with E-state index in [0.717, 1.165) is 51.0 Å². The average Bonchev–Trinajstić information content (AvgIpc) is 3.54. The molecule has 1 fully saturated rings. The maximum Gasteiger partial charge on any atom is 0.325 e. The van der Waals surface area contributed by atoms with Crippen molar-refractivity contribution < 1.29 is 14.7 Å². The van der Waals surface area contributed by atoms with E-state index in [9.17, 15) is 14.7 Å². The molecular formula is C24H25N5O3S. The van der Waals surface area contributed by atoms with Crippen LogP contribution in [0.1, 0.15) is 28.2 Å². The Morgan fingerprint density at radius 1 is 1.24 bits per heavy atom. The van der Waals surface area contributed by atoms with Gasteiger partial charge in [-0.1, -0.05) is 0 Å². The van der Waals surface area contributed by atoms with E-state index in [1.807, 2.05) is 43.3 Å². The number of benzene rings is 1. The molecule has 1 atom stereocenters. The fourth-order valence-corrected chi connectivity index (χ4v) is 5.58. The fourth-order valence-electron chi connectivity index (χ4n) is 4.54. The molecule has 5 rings (SSSR count). The number of thiophene rings is 1. The summed E-state index contributed by atoms with van der Waals surface area (Å²) in [5, 5.41) is 16.7. The first kappa shape index (κ1) is 21.4. The van der Waals surface area contributed by atoms with Gasteiger partial charge in [0.05, 0.1) is 38.9 Å². The van der Waals surface area contributed by atoms with Gasteiger partial charge in [0.25, 0.3) is 5.91 Å². The minimum atomic E-state index is -0.170. The molecule has 1 aliphatic heterocycles. The van der Waals surface area contributed by atoms with E-state index in [2.05, 4.69) is 15.6 Å². The van der Waals surface area contributed by atoms with Gasteiger partial charge in [-0.15, -0.1) is 11.3 Å². The number of pyridine rings is 1. The van der Waals surface area contributed by atoms with E-state index in [4.69, 9.17) is 0 Å². The van der Waals surface area contributed by atoms with E-state index in [1.54, 1.807) is 22.7 Å². The van der Waals surface area contributed by atoms with Crippen LogP contribution in [0.25, 0.3) is 21.1 Å². The Bertz CT molecular complexity index is 1380. The summed E-state index contributed by atoms with van der Waals surface area (Å²) in [6.45, 7) is 2.57. The van der Waals surface area contributed by atoms with Gasteiger partial charge in [-0.05, 0) is 56.2 Å². The van der Waals surface area contributed by atoms with Crippen LogP contribution in [0.5, 0.6) is 0 Å². The Balaban J connectivity index is 1.46. The number of aromatic nitrogens is 2. The van der Waals surface area contributed by atoms with Gasteiger partial charge in [0.2, 0.25) is 0 Å². The van der Waals surface area contributed by atoms with Gasteiger partial charge >= 0.3 is 6.03 Å². The predicted octanol–water partition coefficient (Wildman–Crippen LogP) is 4.09. The molecule has 0 saturated carbocycles. The van der Waals surface area contributed by atoms with Gasteiger partial charge in [-0.3, -0.25) is 14.3 Å². The van der Waals surface area contributed by atoms with E-state index in [1.165, 1.54) is 11.3 Å². The predicted molar refractivity (Wildman–Crippen MR) is 131 cm³/mol. The summed E-state index contributed by atoms with van der Waals surface area (Å²) in [6.07, 6.45) is 3.47. The molecule has 0 radical (unpaired) electrons. The lowest BCUT2D eigenvalue weighted by atomic mass is 10.2. The van der Waals surface area contributed by atoms with Crippen LogP contribution < -0.4 is 10.6 Å². The third kappa shape index (κ3) is 3.73. The highest BCUT2D eigenvalue weighted by Crippen LogP contribution is 2.35. The number of anilines is 2. The maximum absolute atomic E-state index is 13.1. The molecule has 1 saturated heterocycles. The second-order valence-electron chi connectivity index (χ2n) is 8.24. The Morgan fingerprint density at radius 2 is 2.09 bits per heavy atom. The Kier molecular flexibility index (Phi) is 5.51. The molecule has 4 aromatic rings. The van der Waals surface area contributed by atoms with Gasteiger partial charge in [0, 0.05) is 36.6 Å². The van der Waals surface area contributed by atoms with E-state index in [-0.39, 0.29) is 24.6 Å². The second kappa shape index (κ2) is 8.49. The largest absolute Gasteiger partial charge is 0.394 e. The number of carbonyl (C=O) groups excluding carboxylic acids is 2. The topological polar surface area (TPSA) is 99.5 Å². The number of fused-ring (bicyclic) bond motifs is 2. The first-order valence-electron chi connectivity index (χ1n) is 10.9. The first-order valence-corrected chi connectivity index (χ1v) is 11.7. The first-order chi connectivity index (χ1) is 16.0. The monoisotopic (exact) mass is 463 g/mol. The zero-order chi connectivity index (χ0) is 23.1. The quantitative estimate of drug-likeness (QED) is 0.423. The molecule has 0 spiro atoms. The summed E-state index contributed by atoms with van der Waals surface area (Å²) in [7, 11) is 1.62. The normalized spacial score (nSPS) is 16.0. The molecule has 4 heterocycles. The van der Waals surface area contributed by atoms with Crippen molar-refractivity contribution in [1.82, 2.24) is 19.8 Å². The van der Waals surface area contributed by atoms with Crippen LogP contribution in [0.3, 0.4) is 0 Å². The van der Waals surface area contributed by atoms with Crippen molar-refractivity contribution in [2.45, 2.75) is 25.8 Å². The number of amides is 2. The van der Waals surface area contributed by atoms with Gasteiger partial charge in [-0.25, -0.2) is 4.79 Å². The number of rotatable bonds is 4. The molecule has 8 nitrogen and oxygen atoms in total. The van der Waals surface area contributed by atoms with Crippen molar-refractivity contribution in [3.8, 4) is 0 Å². The van der Waals surface area contributed by atoms with E-state index in [0.29, 0.717) is 11.4 Å². The van der Waals surface area contributed by atoms with Crippen molar-refractivity contribution in [2.75, 3.05) is 25.5 Å². The lowest BCUT2D eigenvalue weighted by Gasteiger charge is -2.22. The SMILES string of the molecule is CNC(=O)n1c(C)cc2cc(Nc3ccnc4cc(C(=O)N5CCC[C@H]5CO)sc34)ccc21. The minimum absolute atomic E-state index is 0.00865. The zero-order valence-electron chi connectivity index (χ0n) is 18.5. The number of aliphatic hydroxyl groups excluding tert-OH is 1. The molecular weight excluding hydrogens is 438 g/mol. The average molecular weight is 464 g/mol. The van der Waals surface area contributed by atoms with Crippen molar-refractivity contribution in [2.24, 2.45) is 0 Å². The van der Waals surface area contributed by atoms with E-state index < -0.39 is 0 Å². The maximum atomic E-state index is 13.1. The number of nitrogens with zero attached hydrogens (tertiary/aromatic N) is 3. The number of hydrogen-bond acceptors (Lipinski definition) is 6. The molecule has 0 unspecified atom stereocenters. The van der Waals surface area contributed by atoms with Gasteiger partial charge in [-0.2, -0.15) is 0 Å². The number of aryl methyl sites for hydroxylation is 1. The van der Waals surface area contributed by atoms with Crippen LogP contribution in [0, 0.1) is 6.92 Å². The van der Waals surface area contributed by atoms with Crippen LogP contribution in [-0.4, -0.2) is 57.7 Å². The molecule has 3 aromatic heterocycles. The van der Waals surface area contributed by atoms with Gasteiger partial charge in [0.15, 0.2) is 0 Å². The van der Waals surface area contributed by atoms with Gasteiger partial charge < -0.3 is 20.6 Å². The second-order valence-corrected chi connectivity index (χ2v) is 9.29. The number of nitrogens with one attached hydrogen (secondary N) is 2. The molecule has 1 aromatic carbocycles. The summed E-state index contributed by atoms with van der Waals surface area (Å²) in [5.74, 6) is -0.0482. The Morgan fingerprint density at radius 3 is 2.88 bits per heavy atom. The smallest absolute Gasteiger partial charge is 0.325 e. The molecule has 0 aliphatic carbocycles. The highest BCUT2D eigenvalue weighted by atomic mass is 32.1. The number of likely N-dealkylation sites (tertiary alicyclic amines) is 1. The molecule has 2 amide bonds. The van der Waals surface area contributed by atoms with Gasteiger partial charge in [0.1, 0.15) is 0 Å². The molecule has 33 heavy (non-hydrogen) atoms. The summed E-state index contributed by atoms with van der Waals surface area (Å²) >= 11 is 1.41. The van der Waals surface area contributed by atoms with Crippen LogP contribution in [0.15, 0.2) is 42.6 Å². The standard InChI is InChI=1S/C24H25N5O3S/c1-14-10-15-11-16(5-6-20(15)29(14)24(32)25-2)27-18-7-8-26-19-12-21(33-22(18)19)23(31)28-9-3-4-17(28)13-30/h5-8,10-12,17,30H,3-4,9,13H2,1-2H3,(H,25,32)(H,26,27)/t17-/m0/s1. The van der Waals surface area contributed by atoms with Crippen molar-refractivity contribution in [1.29, 1.82) is 0 Å². The minimum Gasteiger partial charge on any atom is -0.394 e. The lowest BCUT2D eigenvalue weighted by molar-refractivity contribution is 0.0682. The summed E-state index contributed by atoms with van der Waals surface area (Å²) in [5.41, 5.74) is 4.20. The van der Waals surface area contributed by atoms with Crippen LogP contribution in [-0.2, 0) is 0 Å². The Hall–Kier alpha value is -3.43. The van der Waals surface area contributed by atoms with E-state index >= 15 is 0 Å². The van der Waals surface area contributed by atoms with Crippen molar-refractivity contribution >= 4 is 55.8 Å². The van der Waals surface area contributed by atoms with Crippen molar-refractivity contribution in [3.05, 3.63) is 53.2 Å². The van der Waals surface area contributed by atoms with Crippen LogP contribution >= 0.6 is 11.3 Å². The highest BCUT2D eigenvalue weighted by Gasteiger charge is 2.30. The fraction of sp³-hybridized carbons (Fsp3) is 0.292. The molecule has 9 heteroatoms. The summed E-state index contributed by atoms with van der Waals surface area (Å²) in [6, 6.07) is 11.3. The number of carbonyl (C=O) groups is 2. The van der Waals surface area contributed by atoms with Crippen molar-refractivity contribution in [3.63, 3.8) is 0 Å². The van der Waals surface area contributed by atoms with Crippen LogP contribution in [0.4, 0.5) is 16.2 Å². The molecule has 170 valence electrons. The Labute approximate surface area is 194 Å². The zero-order valence-corrected chi connectivity index (χ0v) is 19.3. The lowest BCUT2D eigenvalue weighted by Crippen LogP contribution is -2.37.